The molecule has 0 aliphatic carbocycles. The summed E-state index contributed by atoms with van der Waals surface area (Å²) in [5.41, 5.74) is 2.31. The van der Waals surface area contributed by atoms with Crippen LogP contribution in [0.25, 0.3) is 20.8 Å². The fourth-order valence-electron chi connectivity index (χ4n) is 2.45. The molecule has 0 bridgehead atoms. The van der Waals surface area contributed by atoms with Crippen molar-refractivity contribution in [1.82, 2.24) is 15.2 Å². The number of aryl methyl sites for hydroxylation is 1. The third kappa shape index (κ3) is 3.53. The minimum Gasteiger partial charge on any atom is -0.293 e. The molecule has 0 radical (unpaired) electrons. The molecule has 0 unspecified atom stereocenters. The Morgan fingerprint density at radius 3 is 2.73 bits per heavy atom. The van der Waals surface area contributed by atoms with E-state index in [9.17, 15) is 4.79 Å². The van der Waals surface area contributed by atoms with Crippen LogP contribution in [0.4, 0.5) is 0 Å². The van der Waals surface area contributed by atoms with Crippen LogP contribution in [-0.4, -0.2) is 26.7 Å². The average Bonchev–Trinajstić information content (AvgIpc) is 3.29. The van der Waals surface area contributed by atoms with E-state index in [1.807, 2.05) is 24.4 Å². The number of hydrogen-bond donors (Lipinski definition) is 0. The number of halogens is 1. The van der Waals surface area contributed by atoms with Crippen LogP contribution < -0.4 is 0 Å². The number of thioether (sulfide) groups is 1. The number of benzene rings is 1. The molecule has 26 heavy (non-hydrogen) atoms. The number of fused-ring (bicyclic) bond motifs is 1. The number of ketones is 1. The molecule has 0 N–H and O–H groups in total. The van der Waals surface area contributed by atoms with E-state index in [-0.39, 0.29) is 11.5 Å². The number of carbonyl (C=O) groups is 1. The fourth-order valence-corrected chi connectivity index (χ4v) is 5.15. The zero-order chi connectivity index (χ0) is 18.1. The van der Waals surface area contributed by atoms with Gasteiger partial charge >= 0.3 is 0 Å². The van der Waals surface area contributed by atoms with E-state index in [0.29, 0.717) is 15.6 Å². The van der Waals surface area contributed by atoms with E-state index >= 15 is 0 Å². The van der Waals surface area contributed by atoms with Crippen molar-refractivity contribution >= 4 is 62.0 Å². The summed E-state index contributed by atoms with van der Waals surface area (Å²) in [6, 6.07) is 10.9. The molecule has 8 heteroatoms. The van der Waals surface area contributed by atoms with Crippen molar-refractivity contribution < 1.29 is 4.79 Å². The predicted molar refractivity (Wildman–Crippen MR) is 110 cm³/mol. The van der Waals surface area contributed by atoms with Gasteiger partial charge < -0.3 is 0 Å². The molecule has 0 aliphatic heterocycles. The number of rotatable bonds is 5. The minimum atomic E-state index is 0.0240. The number of thiophene rings is 1. The van der Waals surface area contributed by atoms with Crippen LogP contribution in [0.2, 0.25) is 5.02 Å². The van der Waals surface area contributed by atoms with Gasteiger partial charge in [0.1, 0.15) is 16.2 Å². The summed E-state index contributed by atoms with van der Waals surface area (Å²) in [6.45, 7) is 1.97. The van der Waals surface area contributed by atoms with Gasteiger partial charge in [-0.05, 0) is 42.6 Å². The highest BCUT2D eigenvalue weighted by molar-refractivity contribution is 8.00. The monoisotopic (exact) mass is 417 g/mol. The van der Waals surface area contributed by atoms with E-state index in [4.69, 9.17) is 11.6 Å². The van der Waals surface area contributed by atoms with E-state index in [1.54, 1.807) is 46.9 Å². The van der Waals surface area contributed by atoms with E-state index in [2.05, 4.69) is 15.2 Å². The number of Topliss-reactive ketones (excluding diaryl/α,β-unsaturated/α-hetero) is 1. The van der Waals surface area contributed by atoms with Gasteiger partial charge in [0.2, 0.25) is 0 Å². The summed E-state index contributed by atoms with van der Waals surface area (Å²) >= 11 is 10.5. The summed E-state index contributed by atoms with van der Waals surface area (Å²) in [7, 11) is 0. The highest BCUT2D eigenvalue weighted by atomic mass is 35.5. The van der Waals surface area contributed by atoms with Crippen molar-refractivity contribution in [1.29, 1.82) is 0 Å². The SMILES string of the molecule is Cc1nc2c(SCC(=O)c3ccc(Cl)cc3)nnc(-c3cccs3)c2s1. The first-order chi connectivity index (χ1) is 12.6. The number of nitrogens with zero attached hydrogens (tertiary/aromatic N) is 3. The Kier molecular flexibility index (Phi) is 5.04. The Labute approximate surface area is 167 Å². The predicted octanol–water partition coefficient (Wildman–Crippen LogP) is 5.75. The van der Waals surface area contributed by atoms with Crippen molar-refractivity contribution in [3.05, 3.63) is 57.4 Å². The summed E-state index contributed by atoms with van der Waals surface area (Å²) in [4.78, 5) is 18.1. The van der Waals surface area contributed by atoms with Crippen LogP contribution in [0.5, 0.6) is 0 Å². The Hall–Kier alpha value is -1.80. The maximum absolute atomic E-state index is 12.4. The van der Waals surface area contributed by atoms with Gasteiger partial charge in [0.15, 0.2) is 5.78 Å². The number of hydrogen-bond acceptors (Lipinski definition) is 7. The quantitative estimate of drug-likeness (QED) is 0.305. The molecule has 4 nitrogen and oxygen atoms in total. The molecule has 0 atom stereocenters. The van der Waals surface area contributed by atoms with Crippen molar-refractivity contribution in [3.63, 3.8) is 0 Å². The maximum Gasteiger partial charge on any atom is 0.173 e. The lowest BCUT2D eigenvalue weighted by Crippen LogP contribution is -2.03. The third-order valence-electron chi connectivity index (χ3n) is 3.65. The minimum absolute atomic E-state index is 0.0240. The second-order valence-electron chi connectivity index (χ2n) is 5.46. The van der Waals surface area contributed by atoms with Crippen LogP contribution in [0.3, 0.4) is 0 Å². The normalized spacial score (nSPS) is 11.2. The van der Waals surface area contributed by atoms with Crippen LogP contribution >= 0.6 is 46.0 Å². The lowest BCUT2D eigenvalue weighted by Gasteiger charge is -2.04. The highest BCUT2D eigenvalue weighted by Crippen LogP contribution is 2.36. The third-order valence-corrected chi connectivity index (χ3v) is 6.71. The molecule has 130 valence electrons. The maximum atomic E-state index is 12.4. The average molecular weight is 418 g/mol. The molecule has 1 aromatic carbocycles. The number of thiazole rings is 1. The molecule has 0 saturated carbocycles. The van der Waals surface area contributed by atoms with E-state index in [1.165, 1.54) is 11.8 Å². The van der Waals surface area contributed by atoms with Gasteiger partial charge in [-0.15, -0.1) is 32.9 Å². The lowest BCUT2D eigenvalue weighted by atomic mass is 10.1. The molecule has 4 rings (SSSR count). The number of aromatic nitrogens is 3. The van der Waals surface area contributed by atoms with Gasteiger partial charge in [0.25, 0.3) is 0 Å². The smallest absolute Gasteiger partial charge is 0.173 e. The van der Waals surface area contributed by atoms with Crippen LogP contribution in [0.15, 0.2) is 46.8 Å². The van der Waals surface area contributed by atoms with Gasteiger partial charge in [-0.25, -0.2) is 4.98 Å². The topological polar surface area (TPSA) is 55.7 Å². The Morgan fingerprint density at radius 2 is 2.00 bits per heavy atom. The van der Waals surface area contributed by atoms with Crippen molar-refractivity contribution in [2.75, 3.05) is 5.75 Å². The standard InChI is InChI=1S/C18H12ClN3OS3/c1-10-20-16-17(26-10)15(14-3-2-8-24-14)21-22-18(16)25-9-13(23)11-4-6-12(19)7-5-11/h2-8H,9H2,1H3. The first kappa shape index (κ1) is 17.6. The van der Waals surface area contributed by atoms with Gasteiger partial charge in [-0.2, -0.15) is 0 Å². The van der Waals surface area contributed by atoms with E-state index in [0.717, 1.165) is 25.8 Å². The molecule has 0 amide bonds. The van der Waals surface area contributed by atoms with Gasteiger partial charge in [0.05, 0.1) is 20.3 Å². The zero-order valence-corrected chi connectivity index (χ0v) is 16.8. The lowest BCUT2D eigenvalue weighted by molar-refractivity contribution is 0.102. The van der Waals surface area contributed by atoms with Gasteiger partial charge in [-0.1, -0.05) is 29.4 Å². The summed E-state index contributed by atoms with van der Waals surface area (Å²) in [5.74, 6) is 0.302. The second kappa shape index (κ2) is 7.44. The van der Waals surface area contributed by atoms with Gasteiger partial charge in [0, 0.05) is 10.6 Å². The molecule has 0 aliphatic rings. The summed E-state index contributed by atoms with van der Waals surface area (Å²) in [5, 5.41) is 13.0. The second-order valence-corrected chi connectivity index (χ2v) is 9.01. The summed E-state index contributed by atoms with van der Waals surface area (Å²) < 4.78 is 1.02. The van der Waals surface area contributed by atoms with Crippen LogP contribution in [-0.2, 0) is 0 Å². The molecule has 3 aromatic heterocycles. The van der Waals surface area contributed by atoms with Crippen LogP contribution in [0, 0.1) is 6.92 Å². The van der Waals surface area contributed by atoms with Crippen molar-refractivity contribution in [2.45, 2.75) is 11.9 Å². The first-order valence-electron chi connectivity index (χ1n) is 7.71. The van der Waals surface area contributed by atoms with E-state index < -0.39 is 0 Å². The van der Waals surface area contributed by atoms with Gasteiger partial charge in [-0.3, -0.25) is 4.79 Å². The molecule has 4 aromatic rings. The highest BCUT2D eigenvalue weighted by Gasteiger charge is 2.17. The molecular weight excluding hydrogens is 406 g/mol. The molecule has 0 spiro atoms. The molecular formula is C18H12ClN3OS3. The molecule has 0 saturated heterocycles. The zero-order valence-electron chi connectivity index (χ0n) is 13.6. The Morgan fingerprint density at radius 1 is 1.19 bits per heavy atom. The van der Waals surface area contributed by atoms with Crippen molar-refractivity contribution in [2.24, 2.45) is 0 Å². The van der Waals surface area contributed by atoms with Crippen LogP contribution in [0.1, 0.15) is 15.4 Å². The largest absolute Gasteiger partial charge is 0.293 e. The Balaban J connectivity index is 1.62. The number of carbonyl (C=O) groups excluding carboxylic acids is 1. The Bertz CT molecular complexity index is 1080. The van der Waals surface area contributed by atoms with Crippen molar-refractivity contribution in [3.8, 4) is 10.6 Å². The summed E-state index contributed by atoms with van der Waals surface area (Å²) in [6.07, 6.45) is 0. The molecule has 0 fully saturated rings. The first-order valence-corrected chi connectivity index (χ1v) is 10.8. The fraction of sp³-hybridized carbons (Fsp3) is 0.111. The molecule has 3 heterocycles.